The van der Waals surface area contributed by atoms with E-state index in [1.54, 1.807) is 14.2 Å². The van der Waals surface area contributed by atoms with Crippen LogP contribution in [0, 0.1) is 0 Å². The van der Waals surface area contributed by atoms with Crippen molar-refractivity contribution in [3.05, 3.63) is 35.4 Å². The minimum absolute atomic E-state index is 0.637. The molecule has 21 heavy (non-hydrogen) atoms. The molecular weight excluding hydrogens is 266 g/mol. The van der Waals surface area contributed by atoms with Crippen molar-refractivity contribution >= 4 is 5.96 Å². The van der Waals surface area contributed by atoms with Crippen molar-refractivity contribution in [1.29, 1.82) is 0 Å². The van der Waals surface area contributed by atoms with Crippen LogP contribution in [-0.4, -0.2) is 39.9 Å². The van der Waals surface area contributed by atoms with Gasteiger partial charge >= 0.3 is 0 Å². The highest BCUT2D eigenvalue weighted by Gasteiger charge is 1.99. The number of nitrogens with one attached hydrogen (secondary N) is 2. The van der Waals surface area contributed by atoms with Crippen LogP contribution in [0.15, 0.2) is 29.3 Å². The summed E-state index contributed by atoms with van der Waals surface area (Å²) >= 11 is 0. The Bertz CT molecular complexity index is 422. The van der Waals surface area contributed by atoms with Gasteiger partial charge in [0, 0.05) is 40.5 Å². The van der Waals surface area contributed by atoms with Gasteiger partial charge in [0.05, 0.1) is 6.61 Å². The van der Waals surface area contributed by atoms with Crippen LogP contribution in [0.1, 0.15) is 24.5 Å². The lowest BCUT2D eigenvalue weighted by molar-refractivity contribution is 0.145. The molecule has 0 spiro atoms. The van der Waals surface area contributed by atoms with E-state index in [0.29, 0.717) is 6.61 Å². The zero-order valence-corrected chi connectivity index (χ0v) is 13.3. The molecule has 0 aromatic heterocycles. The van der Waals surface area contributed by atoms with Gasteiger partial charge in [0.25, 0.3) is 0 Å². The first kappa shape index (κ1) is 17.5. The van der Waals surface area contributed by atoms with Crippen molar-refractivity contribution in [1.82, 2.24) is 10.6 Å². The Labute approximate surface area is 127 Å². The molecule has 0 saturated carbocycles. The van der Waals surface area contributed by atoms with E-state index in [1.807, 2.05) is 13.0 Å². The summed E-state index contributed by atoms with van der Waals surface area (Å²) in [6, 6.07) is 8.34. The van der Waals surface area contributed by atoms with Crippen molar-refractivity contribution in [2.24, 2.45) is 4.99 Å². The van der Waals surface area contributed by atoms with Crippen LogP contribution >= 0.6 is 0 Å². The number of benzene rings is 1. The summed E-state index contributed by atoms with van der Waals surface area (Å²) in [5.74, 6) is 0.809. The van der Waals surface area contributed by atoms with Crippen LogP contribution in [-0.2, 0) is 22.6 Å². The van der Waals surface area contributed by atoms with E-state index < -0.39 is 0 Å². The van der Waals surface area contributed by atoms with Crippen LogP contribution in [0.3, 0.4) is 0 Å². The van der Waals surface area contributed by atoms with E-state index in [1.165, 1.54) is 11.1 Å². The number of hydrogen-bond donors (Lipinski definition) is 2. The second kappa shape index (κ2) is 11.1. The maximum Gasteiger partial charge on any atom is 0.191 e. The third-order valence-corrected chi connectivity index (χ3v) is 2.95. The van der Waals surface area contributed by atoms with Crippen LogP contribution in [0.25, 0.3) is 0 Å². The Morgan fingerprint density at radius 1 is 1.24 bits per heavy atom. The highest BCUT2D eigenvalue weighted by atomic mass is 16.5. The topological polar surface area (TPSA) is 54.9 Å². The van der Waals surface area contributed by atoms with E-state index in [9.17, 15) is 0 Å². The van der Waals surface area contributed by atoms with Crippen LogP contribution in [0.5, 0.6) is 0 Å². The predicted molar refractivity (Wildman–Crippen MR) is 86.5 cm³/mol. The van der Waals surface area contributed by atoms with E-state index in [4.69, 9.17) is 9.47 Å². The minimum atomic E-state index is 0.637. The first-order valence-corrected chi connectivity index (χ1v) is 7.39. The number of rotatable bonds is 9. The van der Waals surface area contributed by atoms with Crippen LogP contribution in [0.4, 0.5) is 0 Å². The average molecular weight is 293 g/mol. The largest absolute Gasteiger partial charge is 0.382 e. The maximum atomic E-state index is 5.30. The molecule has 1 aromatic carbocycles. The minimum Gasteiger partial charge on any atom is -0.382 e. The molecule has 0 aliphatic carbocycles. The first-order valence-electron chi connectivity index (χ1n) is 7.39. The lowest BCUT2D eigenvalue weighted by Crippen LogP contribution is -2.37. The van der Waals surface area contributed by atoms with Gasteiger partial charge in [-0.1, -0.05) is 24.3 Å². The summed E-state index contributed by atoms with van der Waals surface area (Å²) < 4.78 is 10.4. The molecule has 0 atom stereocenters. The standard InChI is InChI=1S/C16H27N3O2/c1-4-21-10-6-9-18-16(17-2)19-12-14-7-5-8-15(11-14)13-20-3/h5,7-8,11H,4,6,9-10,12-13H2,1-3H3,(H2,17,18,19). The lowest BCUT2D eigenvalue weighted by Gasteiger charge is -2.12. The lowest BCUT2D eigenvalue weighted by atomic mass is 10.1. The van der Waals surface area contributed by atoms with Crippen LogP contribution in [0.2, 0.25) is 0 Å². The van der Waals surface area contributed by atoms with Gasteiger partial charge in [-0.3, -0.25) is 4.99 Å². The molecule has 5 heteroatoms. The fraction of sp³-hybridized carbons (Fsp3) is 0.562. The van der Waals surface area contributed by atoms with Crippen molar-refractivity contribution < 1.29 is 9.47 Å². The van der Waals surface area contributed by atoms with Gasteiger partial charge in [0.15, 0.2) is 5.96 Å². The number of ether oxygens (including phenoxy) is 2. The summed E-state index contributed by atoms with van der Waals surface area (Å²) in [7, 11) is 3.48. The number of hydrogen-bond acceptors (Lipinski definition) is 3. The Hall–Kier alpha value is -1.59. The SMILES string of the molecule is CCOCCCNC(=NC)NCc1cccc(COC)c1. The Balaban J connectivity index is 2.32. The molecule has 1 aromatic rings. The Kier molecular flexibility index (Phi) is 9.24. The molecule has 5 nitrogen and oxygen atoms in total. The number of nitrogens with zero attached hydrogens (tertiary/aromatic N) is 1. The molecule has 0 heterocycles. The van der Waals surface area contributed by atoms with E-state index in [0.717, 1.165) is 38.7 Å². The summed E-state index contributed by atoms with van der Waals surface area (Å²) in [4.78, 5) is 4.21. The second-order valence-electron chi connectivity index (χ2n) is 4.66. The molecule has 0 radical (unpaired) electrons. The molecule has 0 fully saturated rings. The zero-order valence-electron chi connectivity index (χ0n) is 13.3. The quantitative estimate of drug-likeness (QED) is 0.415. The summed E-state index contributed by atoms with van der Waals surface area (Å²) in [6.07, 6.45) is 0.970. The molecule has 0 aliphatic rings. The van der Waals surface area contributed by atoms with Gasteiger partial charge in [-0.15, -0.1) is 0 Å². The maximum absolute atomic E-state index is 5.30. The molecular formula is C16H27N3O2. The number of aliphatic imine (C=N–C) groups is 1. The highest BCUT2D eigenvalue weighted by Crippen LogP contribution is 2.06. The van der Waals surface area contributed by atoms with Gasteiger partial charge in [0.2, 0.25) is 0 Å². The smallest absolute Gasteiger partial charge is 0.191 e. The van der Waals surface area contributed by atoms with Crippen molar-refractivity contribution in [2.45, 2.75) is 26.5 Å². The zero-order chi connectivity index (χ0) is 15.3. The highest BCUT2D eigenvalue weighted by molar-refractivity contribution is 5.79. The third kappa shape index (κ3) is 7.68. The Morgan fingerprint density at radius 3 is 2.76 bits per heavy atom. The third-order valence-electron chi connectivity index (χ3n) is 2.95. The molecule has 0 saturated heterocycles. The predicted octanol–water partition coefficient (Wildman–Crippen LogP) is 1.92. The number of guanidine groups is 1. The fourth-order valence-electron chi connectivity index (χ4n) is 1.93. The Morgan fingerprint density at radius 2 is 2.05 bits per heavy atom. The molecule has 0 aliphatic heterocycles. The summed E-state index contributed by atoms with van der Waals surface area (Å²) in [5.41, 5.74) is 2.39. The fourth-order valence-corrected chi connectivity index (χ4v) is 1.93. The van der Waals surface area contributed by atoms with Gasteiger partial charge in [-0.05, 0) is 24.5 Å². The van der Waals surface area contributed by atoms with E-state index >= 15 is 0 Å². The van der Waals surface area contributed by atoms with Gasteiger partial charge < -0.3 is 20.1 Å². The van der Waals surface area contributed by atoms with Gasteiger partial charge in [-0.2, -0.15) is 0 Å². The van der Waals surface area contributed by atoms with E-state index in [-0.39, 0.29) is 0 Å². The van der Waals surface area contributed by atoms with Gasteiger partial charge in [-0.25, -0.2) is 0 Å². The summed E-state index contributed by atoms with van der Waals surface area (Å²) in [6.45, 7) is 5.78. The molecule has 118 valence electrons. The summed E-state index contributed by atoms with van der Waals surface area (Å²) in [5, 5.41) is 6.58. The van der Waals surface area contributed by atoms with Gasteiger partial charge in [0.1, 0.15) is 0 Å². The van der Waals surface area contributed by atoms with Crippen molar-refractivity contribution in [2.75, 3.05) is 33.9 Å². The second-order valence-corrected chi connectivity index (χ2v) is 4.66. The normalized spacial score (nSPS) is 11.5. The van der Waals surface area contributed by atoms with Crippen molar-refractivity contribution in [3.63, 3.8) is 0 Å². The van der Waals surface area contributed by atoms with E-state index in [2.05, 4.69) is 33.8 Å². The molecule has 2 N–H and O–H groups in total. The first-order chi connectivity index (χ1) is 10.3. The molecule has 0 bridgehead atoms. The molecule has 1 rings (SSSR count). The monoisotopic (exact) mass is 293 g/mol. The van der Waals surface area contributed by atoms with Crippen LogP contribution < -0.4 is 10.6 Å². The number of methoxy groups -OCH3 is 1. The average Bonchev–Trinajstić information content (AvgIpc) is 2.51. The van der Waals surface area contributed by atoms with Crippen molar-refractivity contribution in [3.8, 4) is 0 Å². The molecule has 0 amide bonds. The molecule has 0 unspecified atom stereocenters.